The van der Waals surface area contributed by atoms with Crippen molar-refractivity contribution in [2.75, 3.05) is 19.1 Å². The van der Waals surface area contributed by atoms with Crippen molar-refractivity contribution in [3.05, 3.63) is 42.2 Å². The molecule has 126 valence electrons. The molecule has 0 aromatic carbocycles. The quantitative estimate of drug-likeness (QED) is 0.143. The van der Waals surface area contributed by atoms with Crippen LogP contribution in [0.2, 0.25) is 0 Å². The fourth-order valence-electron chi connectivity index (χ4n) is 1.92. The number of rotatable bonds is 15. The van der Waals surface area contributed by atoms with Gasteiger partial charge in [-0.3, -0.25) is 0 Å². The Labute approximate surface area is 142 Å². The van der Waals surface area contributed by atoms with Gasteiger partial charge in [0.25, 0.3) is 0 Å². The molecule has 0 radical (unpaired) electrons. The summed E-state index contributed by atoms with van der Waals surface area (Å²) in [5, 5.41) is 0. The lowest BCUT2D eigenvalue weighted by Gasteiger charge is -1.96. The van der Waals surface area contributed by atoms with Crippen LogP contribution in [0.3, 0.4) is 0 Å². The molecular formula is C20H33ClO. The third-order valence-electron chi connectivity index (χ3n) is 3.19. The number of alkyl halides is 1. The average Bonchev–Trinajstić information content (AvgIpc) is 2.54. The lowest BCUT2D eigenvalue weighted by Crippen LogP contribution is -1.91. The molecule has 0 rings (SSSR count). The van der Waals surface area contributed by atoms with Gasteiger partial charge in [-0.2, -0.15) is 0 Å². The number of hydrogen-bond acceptors (Lipinski definition) is 1. The number of halogens is 1. The van der Waals surface area contributed by atoms with Crippen LogP contribution in [-0.2, 0) is 4.74 Å². The SMILES string of the molecule is CCCCCCCC=CCC=CCOCCC=C=CCCCl. The number of ether oxygens (including phenoxy) is 1. The van der Waals surface area contributed by atoms with Gasteiger partial charge in [0.1, 0.15) is 0 Å². The van der Waals surface area contributed by atoms with Crippen molar-refractivity contribution in [2.24, 2.45) is 0 Å². The topological polar surface area (TPSA) is 9.23 Å². The van der Waals surface area contributed by atoms with Gasteiger partial charge in [-0.15, -0.1) is 17.3 Å². The predicted octanol–water partition coefficient (Wildman–Crippen LogP) is 6.60. The lowest BCUT2D eigenvalue weighted by atomic mass is 10.1. The van der Waals surface area contributed by atoms with E-state index in [0.717, 1.165) is 25.9 Å². The summed E-state index contributed by atoms with van der Waals surface area (Å²) >= 11 is 5.56. The van der Waals surface area contributed by atoms with E-state index in [0.29, 0.717) is 12.5 Å². The number of hydrogen-bond donors (Lipinski definition) is 0. The van der Waals surface area contributed by atoms with Gasteiger partial charge in [0.05, 0.1) is 13.2 Å². The second-order valence-electron chi connectivity index (χ2n) is 5.30. The number of unbranched alkanes of at least 4 members (excludes halogenated alkanes) is 5. The molecule has 0 aliphatic rings. The van der Waals surface area contributed by atoms with Crippen molar-refractivity contribution in [1.29, 1.82) is 0 Å². The van der Waals surface area contributed by atoms with E-state index in [4.69, 9.17) is 16.3 Å². The third kappa shape index (κ3) is 19.2. The van der Waals surface area contributed by atoms with Crippen LogP contribution in [0.5, 0.6) is 0 Å². The summed E-state index contributed by atoms with van der Waals surface area (Å²) in [6.07, 6.45) is 23.6. The Morgan fingerprint density at radius 2 is 1.64 bits per heavy atom. The first kappa shape index (κ1) is 21.2. The minimum atomic E-state index is 0.662. The highest BCUT2D eigenvalue weighted by Crippen LogP contribution is 2.05. The Morgan fingerprint density at radius 3 is 2.45 bits per heavy atom. The first-order chi connectivity index (χ1) is 10.9. The van der Waals surface area contributed by atoms with Gasteiger partial charge in [0.15, 0.2) is 0 Å². The van der Waals surface area contributed by atoms with Gasteiger partial charge in [-0.25, -0.2) is 0 Å². The molecule has 0 N–H and O–H groups in total. The van der Waals surface area contributed by atoms with Crippen molar-refractivity contribution in [3.63, 3.8) is 0 Å². The maximum absolute atomic E-state index is 5.56. The van der Waals surface area contributed by atoms with Crippen molar-refractivity contribution in [3.8, 4) is 0 Å². The molecule has 0 saturated heterocycles. The van der Waals surface area contributed by atoms with Crippen LogP contribution in [0.4, 0.5) is 0 Å². The summed E-state index contributed by atoms with van der Waals surface area (Å²) in [6, 6.07) is 0. The van der Waals surface area contributed by atoms with Gasteiger partial charge in [-0.1, -0.05) is 56.9 Å². The van der Waals surface area contributed by atoms with Crippen LogP contribution in [0.15, 0.2) is 42.2 Å². The van der Waals surface area contributed by atoms with E-state index in [1.807, 2.05) is 12.2 Å². The van der Waals surface area contributed by atoms with Crippen molar-refractivity contribution in [1.82, 2.24) is 0 Å². The Kier molecular flexibility index (Phi) is 19.6. The molecule has 0 aromatic rings. The molecule has 0 atom stereocenters. The van der Waals surface area contributed by atoms with Gasteiger partial charge in [-0.05, 0) is 44.3 Å². The van der Waals surface area contributed by atoms with Crippen LogP contribution in [0, 0.1) is 0 Å². The van der Waals surface area contributed by atoms with E-state index in [2.05, 4.69) is 37.0 Å². The lowest BCUT2D eigenvalue weighted by molar-refractivity contribution is 0.167. The summed E-state index contributed by atoms with van der Waals surface area (Å²) < 4.78 is 5.50. The van der Waals surface area contributed by atoms with Crippen LogP contribution >= 0.6 is 11.6 Å². The molecule has 0 bridgehead atoms. The van der Waals surface area contributed by atoms with Crippen LogP contribution in [-0.4, -0.2) is 19.1 Å². The highest BCUT2D eigenvalue weighted by Gasteiger charge is 1.86. The summed E-state index contributed by atoms with van der Waals surface area (Å²) in [4.78, 5) is 0. The molecule has 0 aliphatic heterocycles. The van der Waals surface area contributed by atoms with E-state index in [-0.39, 0.29) is 0 Å². The summed E-state index contributed by atoms with van der Waals surface area (Å²) in [5.74, 6) is 0.662. The largest absolute Gasteiger partial charge is 0.377 e. The molecule has 0 aliphatic carbocycles. The van der Waals surface area contributed by atoms with Crippen LogP contribution < -0.4 is 0 Å². The molecule has 0 saturated carbocycles. The van der Waals surface area contributed by atoms with Crippen molar-refractivity contribution < 1.29 is 4.74 Å². The summed E-state index contributed by atoms with van der Waals surface area (Å²) in [5.41, 5.74) is 3.09. The summed E-state index contributed by atoms with van der Waals surface area (Å²) in [7, 11) is 0. The Balaban J connectivity index is 3.28. The van der Waals surface area contributed by atoms with Gasteiger partial charge in [0.2, 0.25) is 0 Å². The van der Waals surface area contributed by atoms with Crippen LogP contribution in [0.25, 0.3) is 0 Å². The zero-order valence-electron chi connectivity index (χ0n) is 14.2. The monoisotopic (exact) mass is 324 g/mol. The fraction of sp³-hybridized carbons (Fsp3) is 0.650. The molecule has 2 heteroatoms. The normalized spacial score (nSPS) is 11.2. The standard InChI is InChI=1S/C20H33ClO/c1-2-3-4-5-6-7-8-9-10-13-16-19-22-20-17-14-11-12-15-18-21/h8-9,12-14,16H,2-7,10,15,17-20H2,1H3. The molecule has 0 heterocycles. The molecule has 1 nitrogen and oxygen atoms in total. The summed E-state index contributed by atoms with van der Waals surface area (Å²) in [6.45, 7) is 3.71. The zero-order chi connectivity index (χ0) is 16.1. The average molecular weight is 325 g/mol. The molecule has 22 heavy (non-hydrogen) atoms. The third-order valence-corrected chi connectivity index (χ3v) is 3.41. The highest BCUT2D eigenvalue weighted by molar-refractivity contribution is 6.17. The minimum absolute atomic E-state index is 0.662. The molecule has 0 aromatic heterocycles. The maximum atomic E-state index is 5.56. The first-order valence-corrected chi connectivity index (χ1v) is 9.28. The van der Waals surface area contributed by atoms with E-state index in [9.17, 15) is 0 Å². The zero-order valence-corrected chi connectivity index (χ0v) is 15.0. The van der Waals surface area contributed by atoms with Crippen LogP contribution in [0.1, 0.15) is 64.7 Å². The molecular weight excluding hydrogens is 292 g/mol. The van der Waals surface area contributed by atoms with E-state index < -0.39 is 0 Å². The first-order valence-electron chi connectivity index (χ1n) is 8.75. The van der Waals surface area contributed by atoms with Crippen molar-refractivity contribution >= 4 is 11.6 Å². The second kappa shape index (κ2) is 20.2. The minimum Gasteiger partial charge on any atom is -0.377 e. The molecule has 0 spiro atoms. The Hall–Kier alpha value is -0.750. The van der Waals surface area contributed by atoms with E-state index >= 15 is 0 Å². The van der Waals surface area contributed by atoms with Crippen molar-refractivity contribution in [2.45, 2.75) is 64.7 Å². The Morgan fingerprint density at radius 1 is 0.864 bits per heavy atom. The number of allylic oxidation sites excluding steroid dienone is 3. The smallest absolute Gasteiger partial charge is 0.0647 e. The highest BCUT2D eigenvalue weighted by atomic mass is 35.5. The van der Waals surface area contributed by atoms with E-state index in [1.54, 1.807) is 0 Å². The Bertz CT molecular complexity index is 325. The molecule has 0 unspecified atom stereocenters. The van der Waals surface area contributed by atoms with Gasteiger partial charge < -0.3 is 4.74 Å². The predicted molar refractivity (Wildman–Crippen MR) is 99.7 cm³/mol. The molecule has 0 amide bonds. The fourth-order valence-corrected chi connectivity index (χ4v) is 2.03. The van der Waals surface area contributed by atoms with Gasteiger partial charge >= 0.3 is 0 Å². The molecule has 0 fully saturated rings. The van der Waals surface area contributed by atoms with E-state index in [1.165, 1.54) is 38.5 Å². The second-order valence-corrected chi connectivity index (χ2v) is 5.68. The maximum Gasteiger partial charge on any atom is 0.0647 e. The van der Waals surface area contributed by atoms with Gasteiger partial charge in [0, 0.05) is 5.88 Å².